The zero-order valence-electron chi connectivity index (χ0n) is 10.8. The molecule has 98 valence electrons. The Kier molecular flexibility index (Phi) is 3.72. The zero-order valence-corrected chi connectivity index (χ0v) is 10.8. The van der Waals surface area contributed by atoms with Crippen molar-refractivity contribution < 1.29 is 0 Å². The van der Waals surface area contributed by atoms with Gasteiger partial charge in [0.2, 0.25) is 0 Å². The fraction of sp³-hybridized carbons (Fsp3) is 0.462. The molecule has 1 saturated heterocycles. The number of likely N-dealkylation sites (tertiary alicyclic amines) is 1. The number of H-pyrrole nitrogens is 1. The van der Waals surface area contributed by atoms with Gasteiger partial charge in [-0.2, -0.15) is 0 Å². The fourth-order valence-electron chi connectivity index (χ4n) is 2.38. The molecule has 0 radical (unpaired) electrons. The maximum Gasteiger partial charge on any atom is 0.139 e. The van der Waals surface area contributed by atoms with Crippen LogP contribution < -0.4 is 11.1 Å². The lowest BCUT2D eigenvalue weighted by atomic mass is 10.1. The highest BCUT2D eigenvalue weighted by Gasteiger charge is 2.23. The number of amidine groups is 1. The third kappa shape index (κ3) is 2.73. The van der Waals surface area contributed by atoms with Crippen LogP contribution in [0, 0.1) is 5.41 Å². The van der Waals surface area contributed by atoms with Crippen LogP contribution in [0.25, 0.3) is 0 Å². The minimum Gasteiger partial charge on any atom is -0.382 e. The van der Waals surface area contributed by atoms with Crippen molar-refractivity contribution in [3.63, 3.8) is 0 Å². The molecule has 2 heterocycles. The largest absolute Gasteiger partial charge is 0.382 e. The number of nitrogens with zero attached hydrogens (tertiary/aromatic N) is 1. The molecular weight excluding hydrogens is 226 g/mol. The van der Waals surface area contributed by atoms with Crippen molar-refractivity contribution in [2.45, 2.75) is 25.4 Å². The van der Waals surface area contributed by atoms with Gasteiger partial charge < -0.3 is 16.0 Å². The third-order valence-electron chi connectivity index (χ3n) is 3.47. The fourth-order valence-corrected chi connectivity index (χ4v) is 2.38. The maximum absolute atomic E-state index is 7.33. The molecule has 2 rings (SSSR count). The summed E-state index contributed by atoms with van der Waals surface area (Å²) < 4.78 is 0. The highest BCUT2D eigenvalue weighted by Crippen LogP contribution is 2.19. The zero-order chi connectivity index (χ0) is 13.1. The number of nitrogens with two attached hydrogens (primary N) is 1. The van der Waals surface area contributed by atoms with Crippen LogP contribution in [0.1, 0.15) is 24.2 Å². The van der Waals surface area contributed by atoms with E-state index in [1.165, 1.54) is 12.8 Å². The highest BCUT2D eigenvalue weighted by atomic mass is 15.2. The van der Waals surface area contributed by atoms with Gasteiger partial charge in [0.15, 0.2) is 0 Å². The number of aromatic amines is 1. The average Bonchev–Trinajstić information content (AvgIpc) is 2.94. The van der Waals surface area contributed by atoms with E-state index in [-0.39, 0.29) is 5.84 Å². The molecular formula is C13H21N5. The average molecular weight is 247 g/mol. The molecule has 1 aliphatic rings. The van der Waals surface area contributed by atoms with Crippen molar-refractivity contribution in [2.24, 2.45) is 5.73 Å². The van der Waals surface area contributed by atoms with Crippen molar-refractivity contribution in [1.29, 1.82) is 5.41 Å². The third-order valence-corrected chi connectivity index (χ3v) is 3.47. The Hall–Kier alpha value is -1.75. The second-order valence-electron chi connectivity index (χ2n) is 4.83. The van der Waals surface area contributed by atoms with Crippen molar-refractivity contribution in [3.8, 4) is 0 Å². The van der Waals surface area contributed by atoms with Crippen molar-refractivity contribution in [1.82, 2.24) is 15.2 Å². The first-order chi connectivity index (χ1) is 8.58. The van der Waals surface area contributed by atoms with E-state index in [0.29, 0.717) is 18.3 Å². The number of aromatic nitrogens is 1. The monoisotopic (exact) mass is 247 g/mol. The minimum atomic E-state index is 0.0654. The van der Waals surface area contributed by atoms with E-state index in [1.54, 1.807) is 0 Å². The normalized spacial score (nSPS) is 19.9. The number of nitrogen functional groups attached to an aromatic ring is 1. The molecule has 1 aromatic heterocycles. The molecule has 0 amide bonds. The van der Waals surface area contributed by atoms with Gasteiger partial charge >= 0.3 is 0 Å². The van der Waals surface area contributed by atoms with Crippen LogP contribution in [0.5, 0.6) is 0 Å². The van der Waals surface area contributed by atoms with Gasteiger partial charge in [-0.1, -0.05) is 6.58 Å². The molecule has 0 aromatic carbocycles. The summed E-state index contributed by atoms with van der Waals surface area (Å²) in [7, 11) is 2.13. The van der Waals surface area contributed by atoms with Crippen LogP contribution in [-0.4, -0.2) is 35.4 Å². The van der Waals surface area contributed by atoms with Gasteiger partial charge in [-0.3, -0.25) is 10.3 Å². The summed E-state index contributed by atoms with van der Waals surface area (Å²) >= 11 is 0. The Morgan fingerprint density at radius 2 is 2.44 bits per heavy atom. The number of likely N-dealkylation sites (N-methyl/N-ethyl adjacent to an activating group) is 1. The smallest absolute Gasteiger partial charge is 0.139 e. The summed E-state index contributed by atoms with van der Waals surface area (Å²) in [6.07, 6.45) is 2.41. The standard InChI is InChI=1S/C13H21N5/c1-9(12-4-3-7-18(12)2)16-8-10-5-6-11(17-10)13(14)15/h5-6,12,16-17H,1,3-4,7-8H2,2H3,(H3,14,15). The minimum absolute atomic E-state index is 0.0654. The first-order valence-corrected chi connectivity index (χ1v) is 6.23. The van der Waals surface area contributed by atoms with E-state index < -0.39 is 0 Å². The van der Waals surface area contributed by atoms with E-state index in [1.807, 2.05) is 12.1 Å². The highest BCUT2D eigenvalue weighted by molar-refractivity contribution is 5.93. The summed E-state index contributed by atoms with van der Waals surface area (Å²) in [4.78, 5) is 5.43. The second kappa shape index (κ2) is 5.27. The molecule has 5 N–H and O–H groups in total. The summed E-state index contributed by atoms with van der Waals surface area (Å²) in [5, 5.41) is 10.7. The predicted molar refractivity (Wildman–Crippen MR) is 73.4 cm³/mol. The molecule has 1 aliphatic heterocycles. The number of rotatable bonds is 5. The molecule has 5 nitrogen and oxygen atoms in total. The first kappa shape index (κ1) is 12.7. The Labute approximate surface area is 108 Å². The molecule has 1 fully saturated rings. The summed E-state index contributed by atoms with van der Waals surface area (Å²) in [5.74, 6) is 0.0654. The van der Waals surface area contributed by atoms with Crippen molar-refractivity contribution in [3.05, 3.63) is 35.8 Å². The molecule has 1 aromatic rings. The lowest BCUT2D eigenvalue weighted by molar-refractivity contribution is 0.334. The van der Waals surface area contributed by atoms with Gasteiger partial charge in [0.25, 0.3) is 0 Å². The van der Waals surface area contributed by atoms with Crippen LogP contribution in [-0.2, 0) is 6.54 Å². The quantitative estimate of drug-likeness (QED) is 0.463. The van der Waals surface area contributed by atoms with E-state index in [9.17, 15) is 0 Å². The number of hydrogen-bond acceptors (Lipinski definition) is 3. The lowest BCUT2D eigenvalue weighted by Crippen LogP contribution is -2.32. The van der Waals surface area contributed by atoms with E-state index >= 15 is 0 Å². The summed E-state index contributed by atoms with van der Waals surface area (Å²) in [5.41, 5.74) is 8.15. The Balaban J connectivity index is 1.87. The van der Waals surface area contributed by atoms with Gasteiger partial charge in [0, 0.05) is 17.4 Å². The Morgan fingerprint density at radius 1 is 1.67 bits per heavy atom. The van der Waals surface area contributed by atoms with Crippen LogP contribution >= 0.6 is 0 Å². The molecule has 5 heteroatoms. The Bertz CT molecular complexity index is 448. The lowest BCUT2D eigenvalue weighted by Gasteiger charge is -2.22. The number of hydrogen-bond donors (Lipinski definition) is 4. The van der Waals surface area contributed by atoms with Crippen molar-refractivity contribution in [2.75, 3.05) is 13.6 Å². The van der Waals surface area contributed by atoms with Crippen LogP contribution in [0.4, 0.5) is 0 Å². The molecule has 0 aliphatic carbocycles. The predicted octanol–water partition coefficient (Wildman–Crippen LogP) is 0.996. The van der Waals surface area contributed by atoms with Gasteiger partial charge in [0.1, 0.15) is 5.84 Å². The Morgan fingerprint density at radius 3 is 3.00 bits per heavy atom. The van der Waals surface area contributed by atoms with Crippen LogP contribution in [0.2, 0.25) is 0 Å². The maximum atomic E-state index is 7.33. The van der Waals surface area contributed by atoms with Gasteiger partial charge in [-0.05, 0) is 38.6 Å². The van der Waals surface area contributed by atoms with Crippen molar-refractivity contribution >= 4 is 5.84 Å². The van der Waals surface area contributed by atoms with E-state index in [0.717, 1.165) is 17.9 Å². The first-order valence-electron chi connectivity index (χ1n) is 6.23. The summed E-state index contributed by atoms with van der Waals surface area (Å²) in [6.45, 7) is 5.94. The molecule has 1 atom stereocenters. The topological polar surface area (TPSA) is 80.9 Å². The van der Waals surface area contributed by atoms with Crippen LogP contribution in [0.3, 0.4) is 0 Å². The SMILES string of the molecule is C=C(NCc1ccc(C(=N)N)[nH]1)C1CCCN1C. The molecule has 0 bridgehead atoms. The van der Waals surface area contributed by atoms with Gasteiger partial charge in [0.05, 0.1) is 12.2 Å². The molecule has 1 unspecified atom stereocenters. The van der Waals surface area contributed by atoms with Crippen LogP contribution in [0.15, 0.2) is 24.4 Å². The van der Waals surface area contributed by atoms with Gasteiger partial charge in [-0.15, -0.1) is 0 Å². The van der Waals surface area contributed by atoms with E-state index in [2.05, 4.69) is 28.8 Å². The molecule has 18 heavy (non-hydrogen) atoms. The number of nitrogens with one attached hydrogen (secondary N) is 3. The molecule has 0 saturated carbocycles. The summed E-state index contributed by atoms with van der Waals surface area (Å²) in [6, 6.07) is 4.20. The van der Waals surface area contributed by atoms with E-state index in [4.69, 9.17) is 11.1 Å². The van der Waals surface area contributed by atoms with Gasteiger partial charge in [-0.25, -0.2) is 0 Å². The molecule has 0 spiro atoms. The second-order valence-corrected chi connectivity index (χ2v) is 4.83.